The molecule has 0 aliphatic carbocycles. The van der Waals surface area contributed by atoms with Crippen molar-refractivity contribution in [2.24, 2.45) is 0 Å². The van der Waals surface area contributed by atoms with Gasteiger partial charge in [-0.1, -0.05) is 12.1 Å². The number of thiophene rings is 1. The van der Waals surface area contributed by atoms with E-state index in [1.807, 2.05) is 42.1 Å². The number of amides is 1. The van der Waals surface area contributed by atoms with Gasteiger partial charge in [0.25, 0.3) is 5.91 Å². The first-order valence-electron chi connectivity index (χ1n) is 5.99. The molecular weight excluding hydrogens is 342 g/mol. The molecule has 0 fully saturated rings. The van der Waals surface area contributed by atoms with Gasteiger partial charge in [0.2, 0.25) is 0 Å². The Morgan fingerprint density at radius 1 is 1.32 bits per heavy atom. The number of anilines is 1. The van der Waals surface area contributed by atoms with Crippen LogP contribution >= 0.6 is 39.0 Å². The molecule has 1 amide bonds. The molecule has 1 aliphatic rings. The third kappa shape index (κ3) is 2.88. The van der Waals surface area contributed by atoms with Crippen LogP contribution in [0.2, 0.25) is 0 Å². The summed E-state index contributed by atoms with van der Waals surface area (Å²) in [4.78, 5) is 14.4. The predicted molar refractivity (Wildman–Crippen MR) is 86.3 cm³/mol. The minimum atomic E-state index is -0.0173. The van der Waals surface area contributed by atoms with Crippen LogP contribution in [-0.2, 0) is 12.2 Å². The van der Waals surface area contributed by atoms with Gasteiger partial charge < -0.3 is 5.32 Å². The van der Waals surface area contributed by atoms with Gasteiger partial charge in [-0.2, -0.15) is 11.8 Å². The number of nitrogens with one attached hydrogen (secondary N) is 1. The number of carbonyl (C=O) groups is 1. The maximum Gasteiger partial charge on any atom is 0.265 e. The number of benzene rings is 1. The molecule has 0 radical (unpaired) electrons. The van der Waals surface area contributed by atoms with Gasteiger partial charge in [0.15, 0.2) is 0 Å². The summed E-state index contributed by atoms with van der Waals surface area (Å²) in [6.07, 6.45) is 1.09. The lowest BCUT2D eigenvalue weighted by atomic mass is 10.2. The summed E-state index contributed by atoms with van der Waals surface area (Å²) < 4.78 is 0.903. The number of hydrogen-bond donors (Lipinski definition) is 1. The SMILES string of the molecule is O=C(Nc1ccccc1Br)c1cc2c(s1)CCSC2. The number of halogens is 1. The van der Waals surface area contributed by atoms with E-state index >= 15 is 0 Å². The first-order chi connectivity index (χ1) is 9.24. The van der Waals surface area contributed by atoms with Crippen molar-refractivity contribution in [3.8, 4) is 0 Å². The highest BCUT2D eigenvalue weighted by molar-refractivity contribution is 9.10. The Kier molecular flexibility index (Phi) is 3.96. The van der Waals surface area contributed by atoms with Crippen LogP contribution in [0.4, 0.5) is 5.69 Å². The van der Waals surface area contributed by atoms with Crippen molar-refractivity contribution in [3.05, 3.63) is 50.1 Å². The highest BCUT2D eigenvalue weighted by atomic mass is 79.9. The highest BCUT2D eigenvalue weighted by Crippen LogP contribution is 2.32. The number of hydrogen-bond acceptors (Lipinski definition) is 3. The van der Waals surface area contributed by atoms with Crippen molar-refractivity contribution in [1.82, 2.24) is 0 Å². The van der Waals surface area contributed by atoms with E-state index in [-0.39, 0.29) is 5.91 Å². The number of para-hydroxylation sites is 1. The van der Waals surface area contributed by atoms with Crippen molar-refractivity contribution in [2.45, 2.75) is 12.2 Å². The van der Waals surface area contributed by atoms with Crippen molar-refractivity contribution in [1.29, 1.82) is 0 Å². The van der Waals surface area contributed by atoms with E-state index in [4.69, 9.17) is 0 Å². The van der Waals surface area contributed by atoms with Gasteiger partial charge in [0.1, 0.15) is 0 Å². The number of thioether (sulfide) groups is 1. The molecule has 5 heteroatoms. The molecule has 0 unspecified atom stereocenters. The average molecular weight is 354 g/mol. The standard InChI is InChI=1S/C14H12BrNOS2/c15-10-3-1-2-4-11(10)16-14(17)13-7-9-8-18-6-5-12(9)19-13/h1-4,7H,5-6,8H2,(H,16,17). The van der Waals surface area contributed by atoms with E-state index in [1.54, 1.807) is 11.3 Å². The third-order valence-corrected chi connectivity index (χ3v) is 5.91. The lowest BCUT2D eigenvalue weighted by Crippen LogP contribution is -2.10. The van der Waals surface area contributed by atoms with Crippen LogP contribution in [0.5, 0.6) is 0 Å². The monoisotopic (exact) mass is 353 g/mol. The summed E-state index contributed by atoms with van der Waals surface area (Å²) in [5.41, 5.74) is 2.15. The molecule has 2 nitrogen and oxygen atoms in total. The predicted octanol–water partition coefficient (Wildman–Crippen LogP) is 4.55. The molecule has 1 aromatic heterocycles. The number of fused-ring (bicyclic) bond motifs is 1. The fraction of sp³-hybridized carbons (Fsp3) is 0.214. The molecule has 3 rings (SSSR count). The Morgan fingerprint density at radius 3 is 2.95 bits per heavy atom. The molecule has 2 heterocycles. The third-order valence-electron chi connectivity index (χ3n) is 2.97. The molecule has 98 valence electrons. The van der Waals surface area contributed by atoms with Crippen molar-refractivity contribution >= 4 is 50.6 Å². The summed E-state index contributed by atoms with van der Waals surface area (Å²) in [7, 11) is 0. The smallest absolute Gasteiger partial charge is 0.265 e. The van der Waals surface area contributed by atoms with Crippen LogP contribution in [0, 0.1) is 0 Å². The fourth-order valence-electron chi connectivity index (χ4n) is 2.01. The van der Waals surface area contributed by atoms with E-state index in [1.165, 1.54) is 16.2 Å². The molecule has 19 heavy (non-hydrogen) atoms. The van der Waals surface area contributed by atoms with Gasteiger partial charge in [0.05, 0.1) is 10.6 Å². The Balaban J connectivity index is 1.81. The van der Waals surface area contributed by atoms with Crippen LogP contribution in [0.15, 0.2) is 34.8 Å². The molecule has 0 saturated carbocycles. The summed E-state index contributed by atoms with van der Waals surface area (Å²) >= 11 is 7.00. The molecule has 1 aliphatic heterocycles. The van der Waals surface area contributed by atoms with Gasteiger partial charge in [-0.05, 0) is 51.9 Å². The normalized spacial score (nSPS) is 13.9. The molecule has 0 spiro atoms. The minimum Gasteiger partial charge on any atom is -0.320 e. The summed E-state index contributed by atoms with van der Waals surface area (Å²) in [6, 6.07) is 9.70. The van der Waals surface area contributed by atoms with E-state index in [9.17, 15) is 4.79 Å². The van der Waals surface area contributed by atoms with Gasteiger partial charge in [-0.25, -0.2) is 0 Å². The Morgan fingerprint density at radius 2 is 2.16 bits per heavy atom. The zero-order valence-corrected chi connectivity index (χ0v) is 13.3. The number of aryl methyl sites for hydroxylation is 1. The molecule has 2 aromatic rings. The largest absolute Gasteiger partial charge is 0.320 e. The first kappa shape index (κ1) is 13.2. The second-order valence-corrected chi connectivity index (χ2v) is 7.39. The number of carbonyl (C=O) groups excluding carboxylic acids is 1. The van der Waals surface area contributed by atoms with Crippen LogP contribution in [0.1, 0.15) is 20.1 Å². The molecular formula is C14H12BrNOS2. The van der Waals surface area contributed by atoms with Crippen LogP contribution < -0.4 is 5.32 Å². The second kappa shape index (κ2) is 5.69. The number of rotatable bonds is 2. The van der Waals surface area contributed by atoms with Gasteiger partial charge in [-0.15, -0.1) is 11.3 Å². The minimum absolute atomic E-state index is 0.0173. The Hall–Kier alpha value is -0.780. The van der Waals surface area contributed by atoms with Crippen LogP contribution in [-0.4, -0.2) is 11.7 Å². The lowest BCUT2D eigenvalue weighted by molar-refractivity contribution is 0.103. The maximum absolute atomic E-state index is 12.3. The summed E-state index contributed by atoms with van der Waals surface area (Å²) in [5.74, 6) is 2.18. The second-order valence-electron chi connectivity index (χ2n) is 4.30. The van der Waals surface area contributed by atoms with Crippen molar-refractivity contribution in [3.63, 3.8) is 0 Å². The van der Waals surface area contributed by atoms with E-state index in [2.05, 4.69) is 21.2 Å². The Bertz CT molecular complexity index is 600. The van der Waals surface area contributed by atoms with Crippen LogP contribution in [0.3, 0.4) is 0 Å². The Labute approximate surface area is 128 Å². The summed E-state index contributed by atoms with van der Waals surface area (Å²) in [6.45, 7) is 0. The zero-order chi connectivity index (χ0) is 13.2. The van der Waals surface area contributed by atoms with Gasteiger partial charge in [-0.3, -0.25) is 4.79 Å². The van der Waals surface area contributed by atoms with Gasteiger partial charge in [0, 0.05) is 15.1 Å². The highest BCUT2D eigenvalue weighted by Gasteiger charge is 2.17. The topological polar surface area (TPSA) is 29.1 Å². The first-order valence-corrected chi connectivity index (χ1v) is 8.75. The van der Waals surface area contributed by atoms with E-state index < -0.39 is 0 Å². The molecule has 0 saturated heterocycles. The lowest BCUT2D eigenvalue weighted by Gasteiger charge is -2.08. The zero-order valence-electron chi connectivity index (χ0n) is 10.1. The maximum atomic E-state index is 12.3. The molecule has 0 atom stereocenters. The molecule has 0 bridgehead atoms. The van der Waals surface area contributed by atoms with Crippen molar-refractivity contribution < 1.29 is 4.79 Å². The summed E-state index contributed by atoms with van der Waals surface area (Å²) in [5, 5.41) is 2.95. The molecule has 1 aromatic carbocycles. The average Bonchev–Trinajstić information content (AvgIpc) is 2.85. The quantitative estimate of drug-likeness (QED) is 0.857. The molecule has 1 N–H and O–H groups in total. The van der Waals surface area contributed by atoms with E-state index in [0.29, 0.717) is 0 Å². The van der Waals surface area contributed by atoms with E-state index in [0.717, 1.165) is 27.2 Å². The van der Waals surface area contributed by atoms with Gasteiger partial charge >= 0.3 is 0 Å². The van der Waals surface area contributed by atoms with Crippen molar-refractivity contribution in [2.75, 3.05) is 11.1 Å². The fourth-order valence-corrected chi connectivity index (χ4v) is 4.66. The van der Waals surface area contributed by atoms with Crippen LogP contribution in [0.25, 0.3) is 0 Å².